The summed E-state index contributed by atoms with van der Waals surface area (Å²) in [5, 5.41) is 8.06. The van der Waals surface area contributed by atoms with Gasteiger partial charge in [-0.1, -0.05) is 72.3 Å². The molecule has 0 saturated carbocycles. The van der Waals surface area contributed by atoms with E-state index >= 15 is 0 Å². The van der Waals surface area contributed by atoms with Crippen molar-refractivity contribution in [3.8, 4) is 22.8 Å². The molecule has 2 heterocycles. The van der Waals surface area contributed by atoms with Crippen LogP contribution in [0.5, 0.6) is 11.5 Å². The van der Waals surface area contributed by atoms with E-state index in [9.17, 15) is 0 Å². The molecule has 38 heavy (non-hydrogen) atoms. The van der Waals surface area contributed by atoms with Gasteiger partial charge in [0.1, 0.15) is 11.5 Å². The summed E-state index contributed by atoms with van der Waals surface area (Å²) >= 11 is 0. The number of anilines is 1. The Morgan fingerprint density at radius 2 is 1.47 bits per heavy atom. The van der Waals surface area contributed by atoms with Crippen LogP contribution >= 0.6 is 0 Å². The maximum absolute atomic E-state index is 5.54. The Bertz CT molecular complexity index is 1650. The van der Waals surface area contributed by atoms with Crippen molar-refractivity contribution in [3.05, 3.63) is 114 Å². The zero-order chi connectivity index (χ0) is 26.1. The number of benzene rings is 4. The quantitative estimate of drug-likeness (QED) is 0.252. The van der Waals surface area contributed by atoms with Crippen molar-refractivity contribution in [2.45, 2.75) is 19.4 Å². The summed E-state index contributed by atoms with van der Waals surface area (Å²) in [6.07, 6.45) is 0.691. The molecule has 0 amide bonds. The third kappa shape index (κ3) is 4.45. The number of para-hydroxylation sites is 1. The second kappa shape index (κ2) is 9.98. The number of fused-ring (bicyclic) bond motifs is 1. The minimum Gasteiger partial charge on any atom is -0.497 e. The normalized spacial score (nSPS) is 15.0. The zero-order valence-electron chi connectivity index (χ0n) is 21.6. The van der Waals surface area contributed by atoms with Crippen LogP contribution in [0.25, 0.3) is 22.2 Å². The number of hydrazone groups is 1. The van der Waals surface area contributed by atoms with Crippen LogP contribution in [0.4, 0.5) is 5.95 Å². The minimum absolute atomic E-state index is 0.0988. The Kier molecular flexibility index (Phi) is 6.22. The number of hydrogen-bond acceptors (Lipinski definition) is 6. The van der Waals surface area contributed by atoms with E-state index in [-0.39, 0.29) is 6.04 Å². The monoisotopic (exact) mass is 500 g/mol. The van der Waals surface area contributed by atoms with E-state index in [0.29, 0.717) is 12.4 Å². The summed E-state index contributed by atoms with van der Waals surface area (Å²) < 4.78 is 11.0. The van der Waals surface area contributed by atoms with Gasteiger partial charge in [0.25, 0.3) is 0 Å². The lowest BCUT2D eigenvalue weighted by molar-refractivity contribution is 0.413. The summed E-state index contributed by atoms with van der Waals surface area (Å²) in [7, 11) is 3.36. The van der Waals surface area contributed by atoms with Crippen LogP contribution in [0.1, 0.15) is 29.2 Å². The van der Waals surface area contributed by atoms with Gasteiger partial charge in [0, 0.05) is 22.9 Å². The maximum Gasteiger partial charge on any atom is 0.247 e. The Morgan fingerprint density at radius 1 is 0.737 bits per heavy atom. The molecule has 0 radical (unpaired) electrons. The molecule has 6 heteroatoms. The van der Waals surface area contributed by atoms with Crippen LogP contribution in [0, 0.1) is 6.92 Å². The van der Waals surface area contributed by atoms with Gasteiger partial charge in [0.2, 0.25) is 5.95 Å². The smallest absolute Gasteiger partial charge is 0.247 e. The van der Waals surface area contributed by atoms with Gasteiger partial charge in [-0.25, -0.2) is 15.0 Å². The molecule has 0 saturated heterocycles. The molecular weight excluding hydrogens is 472 g/mol. The first kappa shape index (κ1) is 23.7. The SMILES string of the molecule is COc1cccc(C2=NN(c3nc(-c4ccc(C)cc4)c4ccccc4n3)[C@H](c3cccc(OC)c3)C2)c1. The molecule has 0 spiro atoms. The molecule has 1 aliphatic heterocycles. The first-order valence-corrected chi connectivity index (χ1v) is 12.6. The average Bonchev–Trinajstić information content (AvgIpc) is 3.43. The number of rotatable bonds is 6. The Morgan fingerprint density at radius 3 is 2.26 bits per heavy atom. The predicted molar refractivity (Wildman–Crippen MR) is 152 cm³/mol. The second-order valence-corrected chi connectivity index (χ2v) is 9.38. The Balaban J connectivity index is 1.52. The van der Waals surface area contributed by atoms with Crippen LogP contribution in [0.3, 0.4) is 0 Å². The lowest BCUT2D eigenvalue weighted by Gasteiger charge is -2.23. The minimum atomic E-state index is -0.0988. The van der Waals surface area contributed by atoms with Gasteiger partial charge >= 0.3 is 0 Å². The highest BCUT2D eigenvalue weighted by Crippen LogP contribution is 2.38. The van der Waals surface area contributed by atoms with Gasteiger partial charge in [-0.15, -0.1) is 0 Å². The van der Waals surface area contributed by atoms with Crippen LogP contribution in [-0.4, -0.2) is 29.9 Å². The number of hydrogen-bond donors (Lipinski definition) is 0. The number of methoxy groups -OCH3 is 2. The molecular formula is C32H28N4O2. The van der Waals surface area contributed by atoms with Gasteiger partial charge in [0.15, 0.2) is 0 Å². The molecule has 1 aliphatic rings. The van der Waals surface area contributed by atoms with Gasteiger partial charge in [-0.2, -0.15) is 5.10 Å². The number of aromatic nitrogens is 2. The number of aryl methyl sites for hydroxylation is 1. The summed E-state index contributed by atoms with van der Waals surface area (Å²) in [4.78, 5) is 10.1. The molecule has 6 nitrogen and oxygen atoms in total. The van der Waals surface area contributed by atoms with Crippen LogP contribution in [0.2, 0.25) is 0 Å². The Hall–Kier alpha value is -4.71. The molecule has 0 N–H and O–H groups in total. The van der Waals surface area contributed by atoms with Gasteiger partial charge in [-0.05, 0) is 42.8 Å². The molecule has 1 aromatic heterocycles. The van der Waals surface area contributed by atoms with Crippen molar-refractivity contribution < 1.29 is 9.47 Å². The summed E-state index contributed by atoms with van der Waals surface area (Å²) in [6, 6.07) is 32.6. The van der Waals surface area contributed by atoms with Gasteiger partial charge < -0.3 is 9.47 Å². The fourth-order valence-corrected chi connectivity index (χ4v) is 4.88. The van der Waals surface area contributed by atoms with E-state index in [4.69, 9.17) is 24.5 Å². The zero-order valence-corrected chi connectivity index (χ0v) is 21.6. The van der Waals surface area contributed by atoms with Crippen LogP contribution in [0.15, 0.2) is 102 Å². The fourth-order valence-electron chi connectivity index (χ4n) is 4.88. The van der Waals surface area contributed by atoms with E-state index < -0.39 is 0 Å². The van der Waals surface area contributed by atoms with Crippen molar-refractivity contribution in [2.75, 3.05) is 19.2 Å². The summed E-state index contributed by atoms with van der Waals surface area (Å²) in [5.74, 6) is 2.16. The van der Waals surface area contributed by atoms with Crippen molar-refractivity contribution in [1.29, 1.82) is 0 Å². The highest BCUT2D eigenvalue weighted by Gasteiger charge is 2.32. The van der Waals surface area contributed by atoms with Crippen molar-refractivity contribution in [3.63, 3.8) is 0 Å². The summed E-state index contributed by atoms with van der Waals surface area (Å²) in [6.45, 7) is 2.09. The first-order valence-electron chi connectivity index (χ1n) is 12.6. The van der Waals surface area contributed by atoms with Crippen molar-refractivity contribution in [2.24, 2.45) is 5.10 Å². The number of ether oxygens (including phenoxy) is 2. The van der Waals surface area contributed by atoms with E-state index in [0.717, 1.165) is 50.5 Å². The third-order valence-corrected chi connectivity index (χ3v) is 6.91. The largest absolute Gasteiger partial charge is 0.497 e. The topological polar surface area (TPSA) is 59.8 Å². The molecule has 5 aromatic rings. The molecule has 1 atom stereocenters. The molecule has 0 unspecified atom stereocenters. The molecule has 0 bridgehead atoms. The molecule has 0 fully saturated rings. The molecule has 6 rings (SSSR count). The summed E-state index contributed by atoms with van der Waals surface area (Å²) in [5.41, 5.74) is 7.06. The van der Waals surface area contributed by atoms with E-state index in [2.05, 4.69) is 55.5 Å². The van der Waals surface area contributed by atoms with E-state index in [1.54, 1.807) is 14.2 Å². The first-order chi connectivity index (χ1) is 18.6. The van der Waals surface area contributed by atoms with Crippen molar-refractivity contribution in [1.82, 2.24) is 9.97 Å². The highest BCUT2D eigenvalue weighted by atomic mass is 16.5. The second-order valence-electron chi connectivity index (χ2n) is 9.38. The molecule has 4 aromatic carbocycles. The standard InChI is InChI=1S/C32H28N4O2/c1-21-14-16-22(17-15-21)31-27-12-4-5-13-28(27)33-32(34-31)36-30(24-9-7-11-26(19-24)38-3)20-29(35-36)23-8-6-10-25(18-23)37-2/h4-19,30H,20H2,1-3H3/t30-/m0/s1. The van der Waals surface area contributed by atoms with E-state index in [1.807, 2.05) is 53.5 Å². The fraction of sp³-hybridized carbons (Fsp3) is 0.156. The number of nitrogens with zero attached hydrogens (tertiary/aromatic N) is 4. The lowest BCUT2D eigenvalue weighted by atomic mass is 9.98. The lowest BCUT2D eigenvalue weighted by Crippen LogP contribution is -2.21. The van der Waals surface area contributed by atoms with Gasteiger partial charge in [-0.3, -0.25) is 0 Å². The Labute approximate surface area is 222 Å². The van der Waals surface area contributed by atoms with Gasteiger partial charge in [0.05, 0.1) is 37.2 Å². The molecule has 0 aliphatic carbocycles. The van der Waals surface area contributed by atoms with Crippen LogP contribution < -0.4 is 14.5 Å². The predicted octanol–water partition coefficient (Wildman–Crippen LogP) is 6.98. The van der Waals surface area contributed by atoms with Crippen molar-refractivity contribution >= 4 is 22.6 Å². The third-order valence-electron chi connectivity index (χ3n) is 6.91. The van der Waals surface area contributed by atoms with E-state index in [1.165, 1.54) is 5.56 Å². The maximum atomic E-state index is 5.54. The molecule has 188 valence electrons. The van der Waals surface area contributed by atoms with Crippen LogP contribution in [-0.2, 0) is 0 Å². The average molecular weight is 501 g/mol. The highest BCUT2D eigenvalue weighted by molar-refractivity contribution is 6.03.